The monoisotopic (exact) mass is 882 g/mol. The minimum Gasteiger partial charge on any atom is -0.456 e. The molecule has 4 aromatic heterocycles. The molecule has 0 bridgehead atoms. The molecule has 10 aromatic carbocycles. The molecule has 0 aliphatic heterocycles. The summed E-state index contributed by atoms with van der Waals surface area (Å²) in [5, 5.41) is 6.52. The van der Waals surface area contributed by atoms with Gasteiger partial charge in [-0.2, -0.15) is 0 Å². The SMILES string of the molecule is c1ccc(-c2ccc3c(c2)c2ccccc2n3-c2c(-c3cc4oc5ccccc5c4cc3-c3cccc(-c4nc(-c5ccccc5)nc(-c5ccccc5)n4)c3)ccc3c2oc2ccccc23)cc1. The van der Waals surface area contributed by atoms with Gasteiger partial charge in [-0.25, -0.2) is 15.0 Å². The number of aromatic nitrogens is 4. The summed E-state index contributed by atoms with van der Waals surface area (Å²) >= 11 is 0. The zero-order chi connectivity index (χ0) is 45.4. The number of rotatable bonds is 7. The Morgan fingerprint density at radius 2 is 0.826 bits per heavy atom. The molecule has 0 saturated carbocycles. The average Bonchev–Trinajstić information content (AvgIpc) is 4.10. The van der Waals surface area contributed by atoms with Crippen LogP contribution in [-0.2, 0) is 0 Å². The molecular weight excluding hydrogens is 845 g/mol. The summed E-state index contributed by atoms with van der Waals surface area (Å²) in [7, 11) is 0. The predicted octanol–water partition coefficient (Wildman–Crippen LogP) is 16.8. The Hall–Kier alpha value is -9.39. The van der Waals surface area contributed by atoms with E-state index in [0.29, 0.717) is 17.5 Å². The van der Waals surface area contributed by atoms with E-state index < -0.39 is 0 Å². The Morgan fingerprint density at radius 3 is 1.54 bits per heavy atom. The normalized spacial score (nSPS) is 11.8. The molecule has 0 aliphatic rings. The molecule has 4 heterocycles. The first-order valence-electron chi connectivity index (χ1n) is 23.2. The average molecular weight is 883 g/mol. The highest BCUT2D eigenvalue weighted by atomic mass is 16.3. The minimum atomic E-state index is 0.588. The molecule has 322 valence electrons. The van der Waals surface area contributed by atoms with Crippen LogP contribution in [0.1, 0.15) is 0 Å². The van der Waals surface area contributed by atoms with Crippen LogP contribution in [0.15, 0.2) is 239 Å². The molecule has 0 atom stereocenters. The second-order valence-electron chi connectivity index (χ2n) is 17.5. The lowest BCUT2D eigenvalue weighted by Crippen LogP contribution is -2.00. The number of nitrogens with zero attached hydrogens (tertiary/aromatic N) is 4. The number of para-hydroxylation sites is 3. The number of hydrogen-bond acceptors (Lipinski definition) is 5. The van der Waals surface area contributed by atoms with E-state index in [-0.39, 0.29) is 0 Å². The van der Waals surface area contributed by atoms with Crippen LogP contribution in [-0.4, -0.2) is 19.5 Å². The van der Waals surface area contributed by atoms with Gasteiger partial charge in [-0.15, -0.1) is 0 Å². The third-order valence-corrected chi connectivity index (χ3v) is 13.5. The maximum atomic E-state index is 7.05. The molecule has 0 N–H and O–H groups in total. The smallest absolute Gasteiger partial charge is 0.164 e. The van der Waals surface area contributed by atoms with Crippen molar-refractivity contribution >= 4 is 65.7 Å². The molecule has 69 heavy (non-hydrogen) atoms. The van der Waals surface area contributed by atoms with E-state index in [2.05, 4.69) is 156 Å². The number of hydrogen-bond donors (Lipinski definition) is 0. The van der Waals surface area contributed by atoms with E-state index in [0.717, 1.165) is 116 Å². The maximum Gasteiger partial charge on any atom is 0.164 e. The van der Waals surface area contributed by atoms with Gasteiger partial charge in [0.25, 0.3) is 0 Å². The lowest BCUT2D eigenvalue weighted by atomic mass is 9.90. The first-order valence-corrected chi connectivity index (χ1v) is 23.2. The van der Waals surface area contributed by atoms with Gasteiger partial charge in [-0.05, 0) is 82.4 Å². The zero-order valence-corrected chi connectivity index (χ0v) is 37.0. The van der Waals surface area contributed by atoms with Crippen LogP contribution in [0.5, 0.6) is 0 Å². The highest BCUT2D eigenvalue weighted by Crippen LogP contribution is 2.47. The van der Waals surface area contributed by atoms with Crippen molar-refractivity contribution in [2.24, 2.45) is 0 Å². The predicted molar refractivity (Wildman–Crippen MR) is 281 cm³/mol. The Bertz CT molecular complexity index is 4250. The van der Waals surface area contributed by atoms with Crippen LogP contribution in [0.2, 0.25) is 0 Å². The highest BCUT2D eigenvalue weighted by molar-refractivity contribution is 6.17. The van der Waals surface area contributed by atoms with Crippen molar-refractivity contribution in [2.45, 2.75) is 0 Å². The first kappa shape index (κ1) is 38.8. The third kappa shape index (κ3) is 6.38. The standard InChI is InChI=1S/C63H38N4O2/c1-4-17-39(18-5-1)42-31-34-55-52(36-42)45-25-10-13-28-54(45)67(55)59-48(32-33-49-46-26-11-15-30-57(46)69-60(49)59)51-38-58-53(47-27-12-14-29-56(47)68-58)37-50(51)43-23-16-24-44(35-43)63-65-61(40-19-6-2-7-20-40)64-62(66-63)41-21-8-3-9-22-41/h1-38H. The number of benzene rings is 10. The minimum absolute atomic E-state index is 0.588. The lowest BCUT2D eigenvalue weighted by molar-refractivity contribution is 0.666. The molecule has 0 unspecified atom stereocenters. The van der Waals surface area contributed by atoms with Crippen LogP contribution in [0.25, 0.3) is 139 Å². The van der Waals surface area contributed by atoms with Crippen molar-refractivity contribution in [1.82, 2.24) is 19.5 Å². The molecule has 0 radical (unpaired) electrons. The molecule has 6 heteroatoms. The van der Waals surface area contributed by atoms with Crippen LogP contribution in [0, 0.1) is 0 Å². The topological polar surface area (TPSA) is 69.9 Å². The summed E-state index contributed by atoms with van der Waals surface area (Å²) in [5.41, 5.74) is 15.5. The molecule has 0 saturated heterocycles. The quantitative estimate of drug-likeness (QED) is 0.159. The summed E-state index contributed by atoms with van der Waals surface area (Å²) in [4.78, 5) is 15.2. The second-order valence-corrected chi connectivity index (χ2v) is 17.5. The molecule has 6 nitrogen and oxygen atoms in total. The van der Waals surface area contributed by atoms with Gasteiger partial charge in [0.1, 0.15) is 16.7 Å². The van der Waals surface area contributed by atoms with Gasteiger partial charge in [0, 0.05) is 54.6 Å². The van der Waals surface area contributed by atoms with Crippen molar-refractivity contribution in [3.05, 3.63) is 231 Å². The molecule has 0 spiro atoms. The van der Waals surface area contributed by atoms with Crippen LogP contribution in [0.4, 0.5) is 0 Å². The summed E-state index contributed by atoms with van der Waals surface area (Å²) in [6, 6.07) is 80.5. The lowest BCUT2D eigenvalue weighted by Gasteiger charge is -2.18. The van der Waals surface area contributed by atoms with E-state index in [1.54, 1.807) is 0 Å². The summed E-state index contributed by atoms with van der Waals surface area (Å²) in [6.45, 7) is 0. The van der Waals surface area contributed by atoms with Crippen molar-refractivity contribution in [1.29, 1.82) is 0 Å². The van der Waals surface area contributed by atoms with E-state index in [9.17, 15) is 0 Å². The first-order chi connectivity index (χ1) is 34.2. The zero-order valence-electron chi connectivity index (χ0n) is 37.0. The summed E-state index contributed by atoms with van der Waals surface area (Å²) in [6.07, 6.45) is 0. The van der Waals surface area contributed by atoms with Crippen molar-refractivity contribution in [3.63, 3.8) is 0 Å². The molecule has 14 rings (SSSR count). The van der Waals surface area contributed by atoms with Gasteiger partial charge >= 0.3 is 0 Å². The van der Waals surface area contributed by atoms with Crippen molar-refractivity contribution in [3.8, 4) is 73.2 Å². The largest absolute Gasteiger partial charge is 0.456 e. The van der Waals surface area contributed by atoms with Crippen LogP contribution >= 0.6 is 0 Å². The molecule has 0 fully saturated rings. The number of furan rings is 2. The van der Waals surface area contributed by atoms with Crippen LogP contribution in [0.3, 0.4) is 0 Å². The van der Waals surface area contributed by atoms with Crippen LogP contribution < -0.4 is 0 Å². The van der Waals surface area contributed by atoms with Gasteiger partial charge in [-0.3, -0.25) is 0 Å². The fraction of sp³-hybridized carbons (Fsp3) is 0. The maximum absolute atomic E-state index is 7.05. The third-order valence-electron chi connectivity index (χ3n) is 13.5. The van der Waals surface area contributed by atoms with E-state index in [4.69, 9.17) is 23.8 Å². The summed E-state index contributed by atoms with van der Waals surface area (Å²) < 4.78 is 16.2. The second kappa shape index (κ2) is 15.6. The van der Waals surface area contributed by atoms with E-state index >= 15 is 0 Å². The Labute approximate surface area is 396 Å². The van der Waals surface area contributed by atoms with Gasteiger partial charge in [0.2, 0.25) is 0 Å². The van der Waals surface area contributed by atoms with Gasteiger partial charge in [-0.1, -0.05) is 176 Å². The number of fused-ring (bicyclic) bond motifs is 9. The molecule has 14 aromatic rings. The van der Waals surface area contributed by atoms with Gasteiger partial charge in [0.05, 0.1) is 16.7 Å². The fourth-order valence-electron chi connectivity index (χ4n) is 10.2. The fourth-order valence-corrected chi connectivity index (χ4v) is 10.2. The van der Waals surface area contributed by atoms with E-state index in [1.165, 1.54) is 5.56 Å². The highest BCUT2D eigenvalue weighted by Gasteiger charge is 2.25. The Balaban J connectivity index is 1.05. The van der Waals surface area contributed by atoms with Crippen molar-refractivity contribution < 1.29 is 8.83 Å². The molecule has 0 aliphatic carbocycles. The van der Waals surface area contributed by atoms with E-state index in [1.807, 2.05) is 78.9 Å². The molecular formula is C63H38N4O2. The van der Waals surface area contributed by atoms with Gasteiger partial charge in [0.15, 0.2) is 23.1 Å². The summed E-state index contributed by atoms with van der Waals surface area (Å²) in [5.74, 6) is 1.82. The van der Waals surface area contributed by atoms with Crippen molar-refractivity contribution in [2.75, 3.05) is 0 Å². The Kier molecular flexibility index (Phi) is 8.79. The van der Waals surface area contributed by atoms with Gasteiger partial charge < -0.3 is 13.4 Å². The Morgan fingerprint density at radius 1 is 0.275 bits per heavy atom. The molecule has 0 amide bonds.